The normalized spacial score (nSPS) is 22.9. The van der Waals surface area contributed by atoms with Crippen molar-refractivity contribution in [3.05, 3.63) is 59.0 Å². The first-order valence-electron chi connectivity index (χ1n) is 12.1. The summed E-state index contributed by atoms with van der Waals surface area (Å²) in [5.74, 6) is 1.05. The SMILES string of the molecule is CC(C)N1C(=O)c2ccccc2C(C(=O)N2CCN(C)CC2)C12CN(Cc1ccc(CO)o1)C2. The van der Waals surface area contributed by atoms with Gasteiger partial charge in [0.1, 0.15) is 18.1 Å². The summed E-state index contributed by atoms with van der Waals surface area (Å²) in [6, 6.07) is 11.3. The molecule has 1 aromatic heterocycles. The van der Waals surface area contributed by atoms with E-state index in [1.807, 2.05) is 54.0 Å². The number of benzene rings is 1. The molecule has 0 radical (unpaired) electrons. The Balaban J connectivity index is 1.50. The van der Waals surface area contributed by atoms with Crippen LogP contribution in [0.4, 0.5) is 0 Å². The van der Waals surface area contributed by atoms with Crippen LogP contribution in [-0.4, -0.2) is 94.4 Å². The second-order valence-electron chi connectivity index (χ2n) is 10.2. The van der Waals surface area contributed by atoms with Gasteiger partial charge in [0.15, 0.2) is 0 Å². The molecule has 5 rings (SSSR count). The Morgan fingerprint density at radius 2 is 1.76 bits per heavy atom. The van der Waals surface area contributed by atoms with Gasteiger partial charge in [-0.3, -0.25) is 14.5 Å². The topological polar surface area (TPSA) is 80.5 Å². The van der Waals surface area contributed by atoms with Gasteiger partial charge in [0.25, 0.3) is 5.91 Å². The molecule has 2 saturated heterocycles. The van der Waals surface area contributed by atoms with E-state index in [9.17, 15) is 14.7 Å². The molecule has 2 fully saturated rings. The predicted molar refractivity (Wildman–Crippen MR) is 127 cm³/mol. The highest BCUT2D eigenvalue weighted by Gasteiger charge is 2.61. The first-order valence-corrected chi connectivity index (χ1v) is 12.1. The summed E-state index contributed by atoms with van der Waals surface area (Å²) in [7, 11) is 2.08. The maximum Gasteiger partial charge on any atom is 0.254 e. The van der Waals surface area contributed by atoms with Crippen molar-refractivity contribution < 1.29 is 19.1 Å². The molecule has 34 heavy (non-hydrogen) atoms. The van der Waals surface area contributed by atoms with E-state index in [0.717, 1.165) is 24.4 Å². The van der Waals surface area contributed by atoms with Gasteiger partial charge in [-0.1, -0.05) is 18.2 Å². The standard InChI is InChI=1S/C26H34N4O4/c1-18(2)30-24(32)22-7-5-4-6-21(22)23(25(33)29-12-10-27(3)11-13-29)26(30)16-28(17-26)14-19-8-9-20(15-31)34-19/h4-9,18,23,31H,10-17H2,1-3H3. The summed E-state index contributed by atoms with van der Waals surface area (Å²) in [6.07, 6.45) is 0. The van der Waals surface area contributed by atoms with Gasteiger partial charge in [0.2, 0.25) is 5.91 Å². The average Bonchev–Trinajstić information content (AvgIpc) is 3.26. The van der Waals surface area contributed by atoms with E-state index in [0.29, 0.717) is 44.0 Å². The molecule has 1 atom stereocenters. The second-order valence-corrected chi connectivity index (χ2v) is 10.2. The third kappa shape index (κ3) is 3.74. The fourth-order valence-corrected chi connectivity index (χ4v) is 6.01. The zero-order valence-corrected chi connectivity index (χ0v) is 20.2. The molecule has 0 saturated carbocycles. The van der Waals surface area contributed by atoms with Crippen molar-refractivity contribution >= 4 is 11.8 Å². The van der Waals surface area contributed by atoms with E-state index in [1.54, 1.807) is 6.07 Å². The van der Waals surface area contributed by atoms with Crippen LogP contribution in [0.25, 0.3) is 0 Å². The molecular weight excluding hydrogens is 432 g/mol. The molecule has 2 amide bonds. The van der Waals surface area contributed by atoms with Crippen molar-refractivity contribution in [2.24, 2.45) is 0 Å². The fraction of sp³-hybridized carbons (Fsp3) is 0.538. The lowest BCUT2D eigenvalue weighted by molar-refractivity contribution is -0.146. The number of carbonyl (C=O) groups is 2. The molecule has 3 aliphatic heterocycles. The lowest BCUT2D eigenvalue weighted by atomic mass is 9.67. The minimum absolute atomic E-state index is 0.00763. The Morgan fingerprint density at radius 1 is 1.09 bits per heavy atom. The van der Waals surface area contributed by atoms with E-state index in [2.05, 4.69) is 16.8 Å². The third-order valence-electron chi connectivity index (χ3n) is 7.56. The largest absolute Gasteiger partial charge is 0.462 e. The van der Waals surface area contributed by atoms with Crippen LogP contribution in [0, 0.1) is 0 Å². The van der Waals surface area contributed by atoms with E-state index in [1.165, 1.54) is 0 Å². The third-order valence-corrected chi connectivity index (χ3v) is 7.56. The second kappa shape index (κ2) is 8.83. The number of fused-ring (bicyclic) bond motifs is 1. The van der Waals surface area contributed by atoms with Gasteiger partial charge in [-0.2, -0.15) is 0 Å². The minimum Gasteiger partial charge on any atom is -0.462 e. The molecule has 182 valence electrons. The Hall–Kier alpha value is -2.68. The molecule has 8 heteroatoms. The Labute approximate surface area is 200 Å². The smallest absolute Gasteiger partial charge is 0.254 e. The molecular formula is C26H34N4O4. The van der Waals surface area contributed by atoms with E-state index in [-0.39, 0.29) is 24.5 Å². The Morgan fingerprint density at radius 3 is 2.41 bits per heavy atom. The molecule has 2 aromatic rings. The molecule has 1 unspecified atom stereocenters. The number of amides is 2. The van der Waals surface area contributed by atoms with Gasteiger partial charge in [0.05, 0.1) is 18.0 Å². The van der Waals surface area contributed by atoms with Crippen LogP contribution in [0.3, 0.4) is 0 Å². The zero-order chi connectivity index (χ0) is 24.0. The van der Waals surface area contributed by atoms with Gasteiger partial charge in [-0.05, 0) is 44.7 Å². The van der Waals surface area contributed by atoms with Crippen molar-refractivity contribution in [2.75, 3.05) is 46.3 Å². The summed E-state index contributed by atoms with van der Waals surface area (Å²) < 4.78 is 5.69. The lowest BCUT2D eigenvalue weighted by Gasteiger charge is -2.62. The van der Waals surface area contributed by atoms with Gasteiger partial charge >= 0.3 is 0 Å². The average molecular weight is 467 g/mol. The maximum atomic E-state index is 14.1. The van der Waals surface area contributed by atoms with Gasteiger partial charge in [-0.15, -0.1) is 0 Å². The van der Waals surface area contributed by atoms with Crippen LogP contribution in [0.2, 0.25) is 0 Å². The van der Waals surface area contributed by atoms with Gasteiger partial charge in [-0.25, -0.2) is 0 Å². The summed E-state index contributed by atoms with van der Waals surface area (Å²) in [4.78, 5) is 36.2. The van der Waals surface area contributed by atoms with Crippen molar-refractivity contribution in [3.63, 3.8) is 0 Å². The highest BCUT2D eigenvalue weighted by Crippen LogP contribution is 2.48. The molecule has 8 nitrogen and oxygen atoms in total. The number of aliphatic hydroxyl groups excluding tert-OH is 1. The van der Waals surface area contributed by atoms with Crippen molar-refractivity contribution in [2.45, 2.75) is 44.5 Å². The highest BCUT2D eigenvalue weighted by atomic mass is 16.4. The van der Waals surface area contributed by atoms with Crippen LogP contribution in [0.5, 0.6) is 0 Å². The summed E-state index contributed by atoms with van der Waals surface area (Å²) >= 11 is 0. The number of carbonyl (C=O) groups excluding carboxylic acids is 2. The van der Waals surface area contributed by atoms with Crippen LogP contribution >= 0.6 is 0 Å². The molecule has 0 bridgehead atoms. The minimum atomic E-state index is -0.591. The molecule has 3 aliphatic rings. The molecule has 1 N–H and O–H groups in total. The monoisotopic (exact) mass is 466 g/mol. The van der Waals surface area contributed by atoms with Crippen LogP contribution < -0.4 is 0 Å². The zero-order valence-electron chi connectivity index (χ0n) is 20.2. The highest BCUT2D eigenvalue weighted by molar-refractivity contribution is 6.02. The van der Waals surface area contributed by atoms with Crippen molar-refractivity contribution in [1.29, 1.82) is 0 Å². The lowest BCUT2D eigenvalue weighted by Crippen LogP contribution is -2.77. The van der Waals surface area contributed by atoms with Crippen molar-refractivity contribution in [3.8, 4) is 0 Å². The maximum absolute atomic E-state index is 14.1. The summed E-state index contributed by atoms with van der Waals surface area (Å²) in [5.41, 5.74) is 0.909. The quantitative estimate of drug-likeness (QED) is 0.723. The van der Waals surface area contributed by atoms with Gasteiger partial charge in [0, 0.05) is 50.9 Å². The van der Waals surface area contributed by atoms with Crippen LogP contribution in [0.15, 0.2) is 40.8 Å². The van der Waals surface area contributed by atoms with E-state index >= 15 is 0 Å². The molecule has 1 spiro atoms. The number of hydrogen-bond donors (Lipinski definition) is 1. The Bertz CT molecular complexity index is 1070. The predicted octanol–water partition coefficient (Wildman–Crippen LogP) is 1.75. The first-order chi connectivity index (χ1) is 16.3. The fourth-order valence-electron chi connectivity index (χ4n) is 6.01. The summed E-state index contributed by atoms with van der Waals surface area (Å²) in [5, 5.41) is 9.31. The number of nitrogens with zero attached hydrogens (tertiary/aromatic N) is 4. The molecule has 1 aromatic carbocycles. The van der Waals surface area contributed by atoms with E-state index < -0.39 is 11.5 Å². The number of furan rings is 1. The van der Waals surface area contributed by atoms with Crippen LogP contribution in [0.1, 0.15) is 47.2 Å². The van der Waals surface area contributed by atoms with Crippen molar-refractivity contribution in [1.82, 2.24) is 19.6 Å². The molecule has 0 aliphatic carbocycles. The number of likely N-dealkylation sites (N-methyl/N-ethyl adjacent to an activating group) is 1. The summed E-state index contributed by atoms with van der Waals surface area (Å²) in [6.45, 7) is 8.86. The molecule has 4 heterocycles. The first kappa shape index (κ1) is 23.1. The number of piperazine rings is 1. The Kier molecular flexibility index (Phi) is 6.00. The number of likely N-dealkylation sites (tertiary alicyclic amines) is 1. The van der Waals surface area contributed by atoms with E-state index in [4.69, 9.17) is 4.42 Å². The van der Waals surface area contributed by atoms with Gasteiger partial charge < -0.3 is 24.2 Å². The van der Waals surface area contributed by atoms with Crippen LogP contribution in [-0.2, 0) is 17.9 Å². The number of rotatable bonds is 5. The number of hydrogen-bond acceptors (Lipinski definition) is 6. The number of aliphatic hydroxyl groups is 1.